The fourth-order valence-corrected chi connectivity index (χ4v) is 4.85. The van der Waals surface area contributed by atoms with E-state index in [0.717, 1.165) is 36.2 Å². The van der Waals surface area contributed by atoms with Crippen molar-refractivity contribution in [2.24, 2.45) is 11.8 Å². The van der Waals surface area contributed by atoms with Crippen LogP contribution in [0.5, 0.6) is 0 Å². The minimum absolute atomic E-state index is 0.205. The van der Waals surface area contributed by atoms with E-state index in [2.05, 4.69) is 25.7 Å². The molecule has 1 fully saturated rings. The monoisotopic (exact) mass is 402 g/mol. The molecule has 1 saturated heterocycles. The third-order valence-electron chi connectivity index (χ3n) is 6.40. The number of carbonyl (C=O) groups is 2. The molecule has 2 unspecified atom stereocenters. The van der Waals surface area contributed by atoms with E-state index in [4.69, 9.17) is 0 Å². The Hall–Kier alpha value is -2.88. The molecule has 2 aliphatic rings. The van der Waals surface area contributed by atoms with Crippen LogP contribution in [-0.2, 0) is 9.59 Å². The van der Waals surface area contributed by atoms with Crippen molar-refractivity contribution in [2.75, 3.05) is 18.0 Å². The number of carbonyl (C=O) groups excluding carboxylic acids is 2. The summed E-state index contributed by atoms with van der Waals surface area (Å²) >= 11 is 0. The topological polar surface area (TPSA) is 40.6 Å². The van der Waals surface area contributed by atoms with Gasteiger partial charge in [0.2, 0.25) is 0 Å². The van der Waals surface area contributed by atoms with Crippen LogP contribution in [0.15, 0.2) is 48.2 Å². The fraction of sp³-hybridized carbons (Fsp3) is 0.385. The van der Waals surface area contributed by atoms with E-state index in [1.54, 1.807) is 0 Å². The highest BCUT2D eigenvalue weighted by Crippen LogP contribution is 2.38. The molecule has 0 spiro atoms. The summed E-state index contributed by atoms with van der Waals surface area (Å²) in [5, 5.41) is 0. The maximum Gasteiger partial charge on any atom is 0.282 e. The Kier molecular flexibility index (Phi) is 5.27. The van der Waals surface area contributed by atoms with Crippen molar-refractivity contribution in [1.82, 2.24) is 4.90 Å². The van der Waals surface area contributed by atoms with Gasteiger partial charge in [-0.2, -0.15) is 0 Å². The number of likely N-dealkylation sites (tertiary alicyclic amines) is 1. The zero-order valence-electron chi connectivity index (χ0n) is 18.5. The lowest BCUT2D eigenvalue weighted by Gasteiger charge is -2.37. The van der Waals surface area contributed by atoms with Gasteiger partial charge in [0.25, 0.3) is 11.8 Å². The molecular weight excluding hydrogens is 372 g/mol. The Morgan fingerprint density at radius 1 is 0.800 bits per heavy atom. The van der Waals surface area contributed by atoms with Crippen molar-refractivity contribution in [2.45, 2.75) is 41.0 Å². The number of aryl methyl sites for hydroxylation is 3. The van der Waals surface area contributed by atoms with E-state index in [-0.39, 0.29) is 11.8 Å². The lowest BCUT2D eigenvalue weighted by molar-refractivity contribution is -0.120. The molecule has 0 radical (unpaired) electrons. The lowest BCUT2D eigenvalue weighted by Crippen LogP contribution is -2.42. The zero-order valence-corrected chi connectivity index (χ0v) is 18.5. The average Bonchev–Trinajstić information content (AvgIpc) is 2.94. The van der Waals surface area contributed by atoms with Crippen molar-refractivity contribution in [3.63, 3.8) is 0 Å². The first-order valence-corrected chi connectivity index (χ1v) is 10.8. The van der Waals surface area contributed by atoms with Crippen molar-refractivity contribution in [3.8, 4) is 0 Å². The zero-order chi connectivity index (χ0) is 21.6. The number of benzene rings is 2. The standard InChI is InChI=1S/C26H30N2O2/c1-16-12-17(2)15-27(14-16)24-23(21-11-10-18(3)20(5)13-21)25(29)28(26(24)30)22-9-7-6-8-19(22)4/h6-11,13,16-17H,12,14-15H2,1-5H3. The highest BCUT2D eigenvalue weighted by atomic mass is 16.2. The molecule has 30 heavy (non-hydrogen) atoms. The SMILES string of the molecule is Cc1ccc(C2=C(N3CC(C)CC(C)C3)C(=O)N(c3ccccc3C)C2=O)cc1C. The molecule has 4 rings (SSSR count). The molecule has 2 heterocycles. The smallest absolute Gasteiger partial charge is 0.282 e. The van der Waals surface area contributed by atoms with Gasteiger partial charge in [-0.05, 0) is 67.3 Å². The summed E-state index contributed by atoms with van der Waals surface area (Å²) in [6, 6.07) is 13.6. The number of nitrogens with zero attached hydrogens (tertiary/aromatic N) is 2. The Morgan fingerprint density at radius 3 is 2.10 bits per heavy atom. The van der Waals surface area contributed by atoms with E-state index < -0.39 is 0 Å². The first-order chi connectivity index (χ1) is 14.3. The first kappa shape index (κ1) is 20.4. The highest BCUT2D eigenvalue weighted by molar-refractivity contribution is 6.45. The Bertz CT molecular complexity index is 1040. The molecule has 156 valence electrons. The molecule has 2 aromatic carbocycles. The molecule has 2 aromatic rings. The minimum atomic E-state index is -0.224. The third-order valence-corrected chi connectivity index (χ3v) is 6.40. The van der Waals surface area contributed by atoms with Gasteiger partial charge in [-0.15, -0.1) is 0 Å². The normalized spacial score (nSPS) is 22.3. The number of para-hydroxylation sites is 1. The fourth-order valence-electron chi connectivity index (χ4n) is 4.85. The van der Waals surface area contributed by atoms with Crippen LogP contribution >= 0.6 is 0 Å². The molecule has 0 aromatic heterocycles. The Labute approximate surface area is 179 Å². The van der Waals surface area contributed by atoms with Gasteiger partial charge in [-0.3, -0.25) is 9.59 Å². The van der Waals surface area contributed by atoms with Crippen LogP contribution in [0.1, 0.15) is 42.5 Å². The third kappa shape index (κ3) is 3.45. The molecule has 2 aliphatic heterocycles. The predicted octanol–water partition coefficient (Wildman–Crippen LogP) is 4.87. The summed E-state index contributed by atoms with van der Waals surface area (Å²) in [7, 11) is 0. The molecule has 2 atom stereocenters. The second-order valence-electron chi connectivity index (χ2n) is 9.11. The van der Waals surface area contributed by atoms with Gasteiger partial charge < -0.3 is 4.90 Å². The number of piperidine rings is 1. The van der Waals surface area contributed by atoms with Gasteiger partial charge in [0.15, 0.2) is 0 Å². The number of hydrogen-bond acceptors (Lipinski definition) is 3. The first-order valence-electron chi connectivity index (χ1n) is 10.8. The molecule has 0 N–H and O–H groups in total. The van der Waals surface area contributed by atoms with Crippen LogP contribution in [0.25, 0.3) is 5.57 Å². The summed E-state index contributed by atoms with van der Waals surface area (Å²) < 4.78 is 0. The molecule has 0 aliphatic carbocycles. The van der Waals surface area contributed by atoms with E-state index >= 15 is 0 Å². The second kappa shape index (κ2) is 7.75. The Balaban J connectivity index is 1.88. The van der Waals surface area contributed by atoms with Gasteiger partial charge in [0.1, 0.15) is 5.70 Å². The summed E-state index contributed by atoms with van der Waals surface area (Å²) in [6.45, 7) is 12.1. The van der Waals surface area contributed by atoms with Crippen molar-refractivity contribution in [3.05, 3.63) is 70.4 Å². The Morgan fingerprint density at radius 2 is 1.47 bits per heavy atom. The summed E-state index contributed by atoms with van der Waals surface area (Å²) in [5.41, 5.74) is 5.80. The average molecular weight is 403 g/mol. The maximum absolute atomic E-state index is 13.7. The number of hydrogen-bond donors (Lipinski definition) is 0. The predicted molar refractivity (Wildman–Crippen MR) is 121 cm³/mol. The maximum atomic E-state index is 13.7. The van der Waals surface area contributed by atoms with E-state index in [1.807, 2.05) is 56.3 Å². The molecule has 4 nitrogen and oxygen atoms in total. The van der Waals surface area contributed by atoms with E-state index in [9.17, 15) is 9.59 Å². The largest absolute Gasteiger partial charge is 0.366 e. The van der Waals surface area contributed by atoms with Crippen LogP contribution in [0.4, 0.5) is 5.69 Å². The van der Waals surface area contributed by atoms with Crippen molar-refractivity contribution >= 4 is 23.1 Å². The molecule has 4 heteroatoms. The van der Waals surface area contributed by atoms with Gasteiger partial charge in [0, 0.05) is 13.1 Å². The number of amides is 2. The molecule has 0 bridgehead atoms. The second-order valence-corrected chi connectivity index (χ2v) is 9.11. The van der Waals surface area contributed by atoms with Gasteiger partial charge in [-0.1, -0.05) is 50.2 Å². The van der Waals surface area contributed by atoms with Crippen LogP contribution in [0.2, 0.25) is 0 Å². The van der Waals surface area contributed by atoms with Gasteiger partial charge in [-0.25, -0.2) is 4.90 Å². The molecular formula is C26H30N2O2. The lowest BCUT2D eigenvalue weighted by atomic mass is 9.90. The minimum Gasteiger partial charge on any atom is -0.366 e. The van der Waals surface area contributed by atoms with E-state index in [1.165, 1.54) is 10.5 Å². The quantitative estimate of drug-likeness (QED) is 0.688. The molecule has 2 amide bonds. The van der Waals surface area contributed by atoms with Crippen molar-refractivity contribution in [1.29, 1.82) is 0 Å². The number of rotatable bonds is 3. The summed E-state index contributed by atoms with van der Waals surface area (Å²) in [5.74, 6) is 0.539. The van der Waals surface area contributed by atoms with Crippen LogP contribution < -0.4 is 4.90 Å². The highest BCUT2D eigenvalue weighted by Gasteiger charge is 2.44. The van der Waals surface area contributed by atoms with Crippen LogP contribution in [-0.4, -0.2) is 29.8 Å². The molecule has 0 saturated carbocycles. The van der Waals surface area contributed by atoms with Crippen molar-refractivity contribution < 1.29 is 9.59 Å². The van der Waals surface area contributed by atoms with E-state index in [0.29, 0.717) is 28.8 Å². The van der Waals surface area contributed by atoms with Crippen LogP contribution in [0.3, 0.4) is 0 Å². The summed E-state index contributed by atoms with van der Waals surface area (Å²) in [6.07, 6.45) is 1.15. The number of imide groups is 1. The summed E-state index contributed by atoms with van der Waals surface area (Å²) in [4.78, 5) is 31.0. The van der Waals surface area contributed by atoms with Crippen LogP contribution in [0, 0.1) is 32.6 Å². The van der Waals surface area contributed by atoms with Gasteiger partial charge >= 0.3 is 0 Å². The van der Waals surface area contributed by atoms with Gasteiger partial charge in [0.05, 0.1) is 11.3 Å². The number of anilines is 1.